The van der Waals surface area contributed by atoms with Gasteiger partial charge in [-0.05, 0) is 25.5 Å². The molecular weight excluding hydrogens is 336 g/mol. The highest BCUT2D eigenvalue weighted by atomic mass is 32.2. The molecule has 2 amide bonds. The van der Waals surface area contributed by atoms with Gasteiger partial charge in [-0.25, -0.2) is 4.68 Å². The summed E-state index contributed by atoms with van der Waals surface area (Å²) in [4.78, 5) is 24.7. The van der Waals surface area contributed by atoms with Crippen LogP contribution in [0.4, 0.5) is 5.82 Å². The fourth-order valence-electron chi connectivity index (χ4n) is 2.74. The van der Waals surface area contributed by atoms with Crippen LogP contribution in [-0.2, 0) is 22.8 Å². The Hall–Kier alpha value is -2.28. The zero-order chi connectivity index (χ0) is 17.8. The van der Waals surface area contributed by atoms with E-state index in [-0.39, 0.29) is 18.4 Å². The molecule has 0 saturated carbocycles. The second kappa shape index (κ2) is 7.74. The van der Waals surface area contributed by atoms with E-state index in [1.807, 2.05) is 32.0 Å². The molecule has 3 rings (SSSR count). The number of carbonyl (C=O) groups is 2. The minimum atomic E-state index is -0.182. The molecule has 2 aromatic rings. The quantitative estimate of drug-likeness (QED) is 0.832. The molecule has 132 valence electrons. The van der Waals surface area contributed by atoms with E-state index in [4.69, 9.17) is 0 Å². The van der Waals surface area contributed by atoms with Gasteiger partial charge in [-0.15, -0.1) is 0 Å². The Morgan fingerprint density at radius 2 is 2.16 bits per heavy atom. The summed E-state index contributed by atoms with van der Waals surface area (Å²) in [6.07, 6.45) is 0.884. The molecule has 0 atom stereocenters. The zero-order valence-electron chi connectivity index (χ0n) is 14.5. The SMILES string of the molecule is CCCNC(=O)Cn1nc2c(c1NC(=O)c1cccc(C)c1)CSC2. The molecule has 7 heteroatoms. The van der Waals surface area contributed by atoms with Crippen LogP contribution in [0.1, 0.15) is 40.5 Å². The Labute approximate surface area is 151 Å². The Balaban J connectivity index is 1.82. The van der Waals surface area contributed by atoms with Crippen molar-refractivity contribution in [3.63, 3.8) is 0 Å². The van der Waals surface area contributed by atoms with Crippen LogP contribution >= 0.6 is 11.8 Å². The number of hydrogen-bond acceptors (Lipinski definition) is 4. The normalized spacial score (nSPS) is 12.7. The Kier molecular flexibility index (Phi) is 5.43. The van der Waals surface area contributed by atoms with Crippen LogP contribution in [0.3, 0.4) is 0 Å². The van der Waals surface area contributed by atoms with E-state index in [1.165, 1.54) is 0 Å². The molecule has 0 aliphatic carbocycles. The van der Waals surface area contributed by atoms with Crippen LogP contribution in [0.15, 0.2) is 24.3 Å². The van der Waals surface area contributed by atoms with Crippen LogP contribution in [0.2, 0.25) is 0 Å². The number of aromatic nitrogens is 2. The molecule has 1 aliphatic rings. The van der Waals surface area contributed by atoms with Gasteiger partial charge in [-0.1, -0.05) is 24.6 Å². The van der Waals surface area contributed by atoms with Gasteiger partial charge in [0.15, 0.2) is 0 Å². The number of aryl methyl sites for hydroxylation is 1. The van der Waals surface area contributed by atoms with Crippen molar-refractivity contribution in [3.8, 4) is 0 Å². The van der Waals surface area contributed by atoms with Crippen LogP contribution in [0.5, 0.6) is 0 Å². The van der Waals surface area contributed by atoms with Gasteiger partial charge >= 0.3 is 0 Å². The van der Waals surface area contributed by atoms with E-state index in [1.54, 1.807) is 22.5 Å². The number of carbonyl (C=O) groups excluding carboxylic acids is 2. The van der Waals surface area contributed by atoms with E-state index in [0.717, 1.165) is 34.7 Å². The van der Waals surface area contributed by atoms with Crippen molar-refractivity contribution in [3.05, 3.63) is 46.6 Å². The summed E-state index contributed by atoms with van der Waals surface area (Å²) in [5, 5.41) is 10.3. The summed E-state index contributed by atoms with van der Waals surface area (Å²) in [5.74, 6) is 1.97. The Bertz CT molecular complexity index is 800. The van der Waals surface area contributed by atoms with Crippen molar-refractivity contribution in [2.75, 3.05) is 11.9 Å². The van der Waals surface area contributed by atoms with E-state index in [2.05, 4.69) is 15.7 Å². The molecule has 0 radical (unpaired) electrons. The number of nitrogens with zero attached hydrogens (tertiary/aromatic N) is 2. The van der Waals surface area contributed by atoms with E-state index >= 15 is 0 Å². The summed E-state index contributed by atoms with van der Waals surface area (Å²) in [7, 11) is 0. The van der Waals surface area contributed by atoms with Gasteiger partial charge in [-0.2, -0.15) is 16.9 Å². The molecule has 2 N–H and O–H groups in total. The zero-order valence-corrected chi connectivity index (χ0v) is 15.3. The number of fused-ring (bicyclic) bond motifs is 1. The first-order chi connectivity index (χ1) is 12.1. The largest absolute Gasteiger partial charge is 0.355 e. The van der Waals surface area contributed by atoms with Crippen molar-refractivity contribution in [1.29, 1.82) is 0 Å². The van der Waals surface area contributed by atoms with Gasteiger partial charge in [-0.3, -0.25) is 9.59 Å². The monoisotopic (exact) mass is 358 g/mol. The molecule has 2 heterocycles. The number of amides is 2. The molecule has 6 nitrogen and oxygen atoms in total. The van der Waals surface area contributed by atoms with E-state index in [9.17, 15) is 9.59 Å². The molecule has 1 aromatic heterocycles. The molecule has 1 aromatic carbocycles. The molecule has 0 spiro atoms. The van der Waals surface area contributed by atoms with Crippen molar-refractivity contribution in [2.24, 2.45) is 0 Å². The third kappa shape index (κ3) is 4.04. The molecule has 0 fully saturated rings. The van der Waals surface area contributed by atoms with Crippen LogP contribution in [-0.4, -0.2) is 28.1 Å². The van der Waals surface area contributed by atoms with Gasteiger partial charge in [0.2, 0.25) is 5.91 Å². The number of rotatable bonds is 6. The van der Waals surface area contributed by atoms with Gasteiger partial charge in [0.25, 0.3) is 5.91 Å². The number of anilines is 1. The van der Waals surface area contributed by atoms with Crippen LogP contribution in [0, 0.1) is 6.92 Å². The first-order valence-electron chi connectivity index (χ1n) is 8.39. The molecule has 0 saturated heterocycles. The first kappa shape index (κ1) is 17.5. The maximum atomic E-state index is 12.6. The third-order valence-electron chi connectivity index (χ3n) is 4.00. The van der Waals surface area contributed by atoms with Gasteiger partial charge < -0.3 is 10.6 Å². The lowest BCUT2D eigenvalue weighted by atomic mass is 10.1. The highest BCUT2D eigenvalue weighted by Crippen LogP contribution is 2.34. The Morgan fingerprint density at radius 3 is 2.92 bits per heavy atom. The number of benzene rings is 1. The summed E-state index contributed by atoms with van der Waals surface area (Å²) in [6, 6.07) is 7.44. The fraction of sp³-hybridized carbons (Fsp3) is 0.389. The minimum absolute atomic E-state index is 0.0956. The second-order valence-corrected chi connectivity index (χ2v) is 7.08. The number of thioether (sulfide) groups is 1. The second-order valence-electron chi connectivity index (χ2n) is 6.10. The predicted molar refractivity (Wildman–Crippen MR) is 99.7 cm³/mol. The van der Waals surface area contributed by atoms with Crippen molar-refractivity contribution in [1.82, 2.24) is 15.1 Å². The Morgan fingerprint density at radius 1 is 1.32 bits per heavy atom. The predicted octanol–water partition coefficient (Wildman–Crippen LogP) is 2.72. The minimum Gasteiger partial charge on any atom is -0.355 e. The maximum Gasteiger partial charge on any atom is 0.256 e. The van der Waals surface area contributed by atoms with Crippen molar-refractivity contribution < 1.29 is 9.59 Å². The lowest BCUT2D eigenvalue weighted by molar-refractivity contribution is -0.121. The smallest absolute Gasteiger partial charge is 0.256 e. The standard InChI is InChI=1S/C18H22N4O2S/c1-3-7-19-16(23)9-22-17(14-10-25-11-15(14)21-22)20-18(24)13-6-4-5-12(2)8-13/h4-6,8H,3,7,9-11H2,1-2H3,(H,19,23)(H,20,24). The lowest BCUT2D eigenvalue weighted by Gasteiger charge is -2.11. The lowest BCUT2D eigenvalue weighted by Crippen LogP contribution is -2.29. The average molecular weight is 358 g/mol. The van der Waals surface area contributed by atoms with Crippen molar-refractivity contribution >= 4 is 29.4 Å². The molecule has 25 heavy (non-hydrogen) atoms. The highest BCUT2D eigenvalue weighted by Gasteiger charge is 2.25. The van der Waals surface area contributed by atoms with Gasteiger partial charge in [0.05, 0.1) is 5.69 Å². The van der Waals surface area contributed by atoms with E-state index in [0.29, 0.717) is 17.9 Å². The summed E-state index contributed by atoms with van der Waals surface area (Å²) >= 11 is 1.76. The summed E-state index contributed by atoms with van der Waals surface area (Å²) < 4.78 is 1.61. The number of hydrogen-bond donors (Lipinski definition) is 2. The summed E-state index contributed by atoms with van der Waals surface area (Å²) in [5.41, 5.74) is 3.60. The van der Waals surface area contributed by atoms with Gasteiger partial charge in [0.1, 0.15) is 12.4 Å². The maximum absolute atomic E-state index is 12.6. The summed E-state index contributed by atoms with van der Waals surface area (Å²) in [6.45, 7) is 4.71. The molecule has 1 aliphatic heterocycles. The average Bonchev–Trinajstić information content (AvgIpc) is 3.16. The molecule has 0 bridgehead atoms. The molecule has 0 unspecified atom stereocenters. The van der Waals surface area contributed by atoms with Crippen LogP contribution in [0.25, 0.3) is 0 Å². The highest BCUT2D eigenvalue weighted by molar-refractivity contribution is 7.98. The fourth-order valence-corrected chi connectivity index (χ4v) is 3.78. The number of nitrogens with one attached hydrogen (secondary N) is 2. The van der Waals surface area contributed by atoms with Gasteiger partial charge in [0, 0.05) is 29.2 Å². The topological polar surface area (TPSA) is 76.0 Å². The third-order valence-corrected chi connectivity index (χ3v) is 4.97. The first-order valence-corrected chi connectivity index (χ1v) is 9.55. The van der Waals surface area contributed by atoms with Crippen LogP contribution < -0.4 is 10.6 Å². The molecular formula is C18H22N4O2S. The van der Waals surface area contributed by atoms with E-state index < -0.39 is 0 Å². The van der Waals surface area contributed by atoms with Crippen molar-refractivity contribution in [2.45, 2.75) is 38.3 Å².